The molecule has 0 aliphatic rings. The van der Waals surface area contributed by atoms with Crippen molar-refractivity contribution in [2.24, 2.45) is 0 Å². The maximum atomic E-state index is 12.6. The molecule has 3 rings (SSSR count). The van der Waals surface area contributed by atoms with Gasteiger partial charge in [-0.2, -0.15) is 0 Å². The van der Waals surface area contributed by atoms with Gasteiger partial charge in [0.05, 0.1) is 34.4 Å². The smallest absolute Gasteiger partial charge is 0.338 e. The van der Waals surface area contributed by atoms with Gasteiger partial charge in [0.25, 0.3) is 5.91 Å². The van der Waals surface area contributed by atoms with Gasteiger partial charge in [0.15, 0.2) is 0 Å². The van der Waals surface area contributed by atoms with Crippen LogP contribution in [0.15, 0.2) is 60.9 Å². The first-order valence-electron chi connectivity index (χ1n) is 11.2. The molecule has 36 heavy (non-hydrogen) atoms. The summed E-state index contributed by atoms with van der Waals surface area (Å²) in [5.41, 5.74) is 2.43. The number of aromatic nitrogens is 1. The Labute approximate surface area is 218 Å². The summed E-state index contributed by atoms with van der Waals surface area (Å²) in [4.78, 5) is 41.1. The Bertz CT molecular complexity index is 1210. The van der Waals surface area contributed by atoms with E-state index in [0.29, 0.717) is 23.4 Å². The number of rotatable bonds is 10. The molecule has 0 saturated carbocycles. The zero-order valence-electron chi connectivity index (χ0n) is 19.7. The Hall–Kier alpha value is -3.62. The lowest BCUT2D eigenvalue weighted by Crippen LogP contribution is -2.33. The van der Waals surface area contributed by atoms with Crippen molar-refractivity contribution in [3.63, 3.8) is 0 Å². The standard InChI is InChI=1S/C26H25Cl2N3O5/c1-3-35-25(33)17-6-5-7-19(13-17)30-22(26(34)36-4-2)12-16-8-10-18(11-9-16)31-24(32)23-20(27)14-29-15-21(23)28/h5-11,13-15,22,30H,3-4,12H2,1-2H3,(H,31,32). The fourth-order valence-corrected chi connectivity index (χ4v) is 3.91. The monoisotopic (exact) mass is 529 g/mol. The van der Waals surface area contributed by atoms with Gasteiger partial charge in [-0.15, -0.1) is 0 Å². The fraction of sp³-hybridized carbons (Fsp3) is 0.231. The summed E-state index contributed by atoms with van der Waals surface area (Å²) in [5.74, 6) is -1.34. The summed E-state index contributed by atoms with van der Waals surface area (Å²) in [6.07, 6.45) is 2.99. The number of hydrogen-bond acceptors (Lipinski definition) is 7. The van der Waals surface area contributed by atoms with E-state index in [-0.39, 0.29) is 28.8 Å². The minimum absolute atomic E-state index is 0.133. The third-order valence-electron chi connectivity index (χ3n) is 5.02. The van der Waals surface area contributed by atoms with Crippen molar-refractivity contribution in [3.8, 4) is 0 Å². The SMILES string of the molecule is CCOC(=O)c1cccc(NC(Cc2ccc(NC(=O)c3c(Cl)cncc3Cl)cc2)C(=O)OCC)c1. The van der Waals surface area contributed by atoms with E-state index in [9.17, 15) is 14.4 Å². The molecule has 1 atom stereocenters. The van der Waals surface area contributed by atoms with Crippen LogP contribution in [0.3, 0.4) is 0 Å². The average Bonchev–Trinajstić information content (AvgIpc) is 2.85. The lowest BCUT2D eigenvalue weighted by atomic mass is 10.0. The van der Waals surface area contributed by atoms with E-state index >= 15 is 0 Å². The van der Waals surface area contributed by atoms with Crippen molar-refractivity contribution in [2.45, 2.75) is 26.3 Å². The maximum Gasteiger partial charge on any atom is 0.338 e. The topological polar surface area (TPSA) is 107 Å². The Morgan fingerprint density at radius 3 is 2.22 bits per heavy atom. The van der Waals surface area contributed by atoms with Crippen LogP contribution < -0.4 is 10.6 Å². The Kier molecular flexibility index (Phi) is 9.67. The zero-order chi connectivity index (χ0) is 26.1. The van der Waals surface area contributed by atoms with Crippen molar-refractivity contribution in [2.75, 3.05) is 23.8 Å². The first-order chi connectivity index (χ1) is 17.3. The van der Waals surface area contributed by atoms with Crippen LogP contribution >= 0.6 is 23.2 Å². The number of nitrogens with zero attached hydrogens (tertiary/aromatic N) is 1. The number of ether oxygens (including phenoxy) is 2. The van der Waals surface area contributed by atoms with Crippen LogP contribution in [0.4, 0.5) is 11.4 Å². The van der Waals surface area contributed by atoms with Crippen molar-refractivity contribution in [1.29, 1.82) is 0 Å². The Morgan fingerprint density at radius 2 is 1.58 bits per heavy atom. The molecule has 0 spiro atoms. The molecule has 2 N–H and O–H groups in total. The molecule has 1 aromatic heterocycles. The number of carbonyl (C=O) groups is 3. The zero-order valence-corrected chi connectivity index (χ0v) is 21.2. The molecule has 188 valence electrons. The first kappa shape index (κ1) is 27.0. The molecule has 0 aliphatic carbocycles. The lowest BCUT2D eigenvalue weighted by molar-refractivity contribution is -0.144. The molecule has 0 fully saturated rings. The number of anilines is 2. The van der Waals surface area contributed by atoms with Gasteiger partial charge in [-0.1, -0.05) is 41.4 Å². The molecule has 10 heteroatoms. The summed E-state index contributed by atoms with van der Waals surface area (Å²) in [5, 5.41) is 6.18. The van der Waals surface area contributed by atoms with Crippen molar-refractivity contribution in [1.82, 2.24) is 4.98 Å². The van der Waals surface area contributed by atoms with E-state index in [4.69, 9.17) is 32.7 Å². The van der Waals surface area contributed by atoms with Crippen LogP contribution in [0.2, 0.25) is 10.0 Å². The van der Waals surface area contributed by atoms with Crippen LogP contribution in [-0.2, 0) is 20.7 Å². The maximum absolute atomic E-state index is 12.6. The second-order valence-electron chi connectivity index (χ2n) is 7.58. The predicted octanol–water partition coefficient (Wildman–Crippen LogP) is 5.40. The highest BCUT2D eigenvalue weighted by molar-refractivity contribution is 6.40. The van der Waals surface area contributed by atoms with Crippen LogP contribution in [0.5, 0.6) is 0 Å². The average molecular weight is 530 g/mol. The summed E-state index contributed by atoms with van der Waals surface area (Å²) in [6.45, 7) is 3.96. The van der Waals surface area contributed by atoms with Crippen molar-refractivity contribution < 1.29 is 23.9 Å². The van der Waals surface area contributed by atoms with E-state index in [1.165, 1.54) is 12.4 Å². The molecule has 2 aromatic carbocycles. The number of hydrogen-bond donors (Lipinski definition) is 2. The van der Waals surface area contributed by atoms with Gasteiger partial charge in [0.1, 0.15) is 6.04 Å². The van der Waals surface area contributed by atoms with Gasteiger partial charge >= 0.3 is 11.9 Å². The summed E-state index contributed by atoms with van der Waals surface area (Å²) in [7, 11) is 0. The number of carbonyl (C=O) groups excluding carboxylic acids is 3. The molecule has 0 saturated heterocycles. The van der Waals surface area contributed by atoms with Crippen molar-refractivity contribution >= 4 is 52.4 Å². The van der Waals surface area contributed by atoms with Gasteiger partial charge in [0.2, 0.25) is 0 Å². The van der Waals surface area contributed by atoms with Gasteiger partial charge in [-0.25, -0.2) is 9.59 Å². The molecular formula is C26H25Cl2N3O5. The highest BCUT2D eigenvalue weighted by atomic mass is 35.5. The molecule has 0 aliphatic heterocycles. The normalized spacial score (nSPS) is 11.3. The van der Waals surface area contributed by atoms with Crippen LogP contribution in [0, 0.1) is 0 Å². The molecule has 0 bridgehead atoms. The van der Waals surface area contributed by atoms with E-state index in [1.807, 2.05) is 0 Å². The number of amides is 1. The van der Waals surface area contributed by atoms with Crippen LogP contribution in [0.25, 0.3) is 0 Å². The van der Waals surface area contributed by atoms with E-state index < -0.39 is 23.9 Å². The summed E-state index contributed by atoms with van der Waals surface area (Å²) >= 11 is 12.1. The Balaban J connectivity index is 1.73. The number of nitrogens with one attached hydrogen (secondary N) is 2. The fourth-order valence-electron chi connectivity index (χ4n) is 3.37. The highest BCUT2D eigenvalue weighted by Crippen LogP contribution is 2.24. The third kappa shape index (κ3) is 7.19. The van der Waals surface area contributed by atoms with Crippen LogP contribution in [0.1, 0.15) is 40.1 Å². The predicted molar refractivity (Wildman–Crippen MR) is 139 cm³/mol. The van der Waals surface area contributed by atoms with Gasteiger partial charge in [0, 0.05) is 30.2 Å². The Morgan fingerprint density at radius 1 is 0.917 bits per heavy atom. The quantitative estimate of drug-likeness (QED) is 0.338. The first-order valence-corrected chi connectivity index (χ1v) is 12.0. The summed E-state index contributed by atoms with van der Waals surface area (Å²) < 4.78 is 10.3. The molecule has 0 radical (unpaired) electrons. The largest absolute Gasteiger partial charge is 0.464 e. The van der Waals surface area contributed by atoms with Gasteiger partial charge in [-0.05, 0) is 49.7 Å². The molecule has 8 nitrogen and oxygen atoms in total. The minimum Gasteiger partial charge on any atom is -0.464 e. The molecular weight excluding hydrogens is 505 g/mol. The van der Waals surface area contributed by atoms with Gasteiger partial charge in [-0.3, -0.25) is 9.78 Å². The molecule has 1 unspecified atom stereocenters. The minimum atomic E-state index is -0.711. The molecule has 3 aromatic rings. The van der Waals surface area contributed by atoms with E-state index in [1.54, 1.807) is 62.4 Å². The van der Waals surface area contributed by atoms with Crippen LogP contribution in [-0.4, -0.2) is 42.1 Å². The van der Waals surface area contributed by atoms with Crippen molar-refractivity contribution in [3.05, 3.63) is 87.7 Å². The number of halogens is 2. The van der Waals surface area contributed by atoms with E-state index in [2.05, 4.69) is 15.6 Å². The van der Waals surface area contributed by atoms with E-state index in [0.717, 1.165) is 5.56 Å². The third-order valence-corrected chi connectivity index (χ3v) is 5.59. The second-order valence-corrected chi connectivity index (χ2v) is 8.40. The number of pyridine rings is 1. The number of benzene rings is 2. The lowest BCUT2D eigenvalue weighted by Gasteiger charge is -2.19. The molecule has 1 heterocycles. The second kappa shape index (κ2) is 12.9. The number of esters is 2. The highest BCUT2D eigenvalue weighted by Gasteiger charge is 2.21. The molecule has 1 amide bonds. The summed E-state index contributed by atoms with van der Waals surface area (Å²) in [6, 6.07) is 13.0. The van der Waals surface area contributed by atoms with Gasteiger partial charge < -0.3 is 20.1 Å².